The van der Waals surface area contributed by atoms with Gasteiger partial charge in [-0.25, -0.2) is 4.98 Å². The van der Waals surface area contributed by atoms with Gasteiger partial charge in [-0.3, -0.25) is 9.59 Å². The van der Waals surface area contributed by atoms with E-state index in [1.807, 2.05) is 75.4 Å². The summed E-state index contributed by atoms with van der Waals surface area (Å²) in [5, 5.41) is 4.17. The number of para-hydroxylation sites is 1. The van der Waals surface area contributed by atoms with Crippen LogP contribution in [0.15, 0.2) is 54.6 Å². The maximum absolute atomic E-state index is 13.4. The summed E-state index contributed by atoms with van der Waals surface area (Å²) in [7, 11) is 0. The highest BCUT2D eigenvalue weighted by Crippen LogP contribution is 2.34. The van der Waals surface area contributed by atoms with E-state index in [2.05, 4.69) is 5.32 Å². The number of carbonyl (C=O) groups is 2. The van der Waals surface area contributed by atoms with Crippen LogP contribution in [0.25, 0.3) is 22.2 Å². The summed E-state index contributed by atoms with van der Waals surface area (Å²) in [5.74, 6) is -0.833. The van der Waals surface area contributed by atoms with Crippen LogP contribution in [0.3, 0.4) is 0 Å². The molecule has 30 heavy (non-hydrogen) atoms. The van der Waals surface area contributed by atoms with Gasteiger partial charge in [-0.05, 0) is 38.0 Å². The number of thiophene rings is 1. The molecule has 3 N–H and O–H groups in total. The van der Waals surface area contributed by atoms with Crippen LogP contribution in [0, 0.1) is 20.8 Å². The number of aromatic nitrogens is 1. The highest BCUT2D eigenvalue weighted by atomic mass is 32.1. The molecule has 0 saturated heterocycles. The van der Waals surface area contributed by atoms with E-state index in [1.54, 1.807) is 0 Å². The van der Waals surface area contributed by atoms with Crippen LogP contribution in [-0.2, 0) is 0 Å². The molecule has 4 aromatic rings. The van der Waals surface area contributed by atoms with E-state index < -0.39 is 5.91 Å². The number of amides is 2. The molecule has 0 aliphatic rings. The molecule has 2 aromatic heterocycles. The normalized spacial score (nSPS) is 10.9. The molecule has 0 radical (unpaired) electrons. The molecule has 6 heteroatoms. The Balaban J connectivity index is 1.88. The molecule has 5 nitrogen and oxygen atoms in total. The minimum atomic E-state index is -0.548. The number of nitrogens with one attached hydrogen (secondary N) is 1. The Morgan fingerprint density at radius 3 is 2.27 bits per heavy atom. The number of hydrogen-bond acceptors (Lipinski definition) is 4. The molecule has 0 bridgehead atoms. The summed E-state index contributed by atoms with van der Waals surface area (Å²) in [6, 6.07) is 17.4. The minimum absolute atomic E-state index is 0.285. The molecule has 2 heterocycles. The number of pyridine rings is 1. The fraction of sp³-hybridized carbons (Fsp3) is 0.125. The molecular formula is C24H21N3O2S. The molecule has 0 fully saturated rings. The van der Waals surface area contributed by atoms with Gasteiger partial charge >= 0.3 is 0 Å². The van der Waals surface area contributed by atoms with E-state index in [-0.39, 0.29) is 5.91 Å². The third-order valence-corrected chi connectivity index (χ3v) is 6.39. The van der Waals surface area contributed by atoms with Gasteiger partial charge in [0.25, 0.3) is 11.8 Å². The minimum Gasteiger partial charge on any atom is -0.365 e. The largest absolute Gasteiger partial charge is 0.365 e. The van der Waals surface area contributed by atoms with E-state index in [4.69, 9.17) is 10.7 Å². The standard InChI is InChI=1S/C24H21N3O2S/c1-13-15(3)30-24(20(13)22(25)28)27-23(29)19-14(2)21(16-9-5-4-6-10-16)26-18-12-8-7-11-17(18)19/h4-12H,1-3H3,(H2,25,28)(H,27,29). The number of anilines is 1. The van der Waals surface area contributed by atoms with E-state index >= 15 is 0 Å². The third-order valence-electron chi connectivity index (χ3n) is 5.27. The lowest BCUT2D eigenvalue weighted by atomic mass is 9.97. The van der Waals surface area contributed by atoms with Crippen molar-refractivity contribution >= 4 is 39.1 Å². The van der Waals surface area contributed by atoms with Gasteiger partial charge in [0, 0.05) is 15.8 Å². The zero-order valence-corrected chi connectivity index (χ0v) is 17.8. The molecule has 0 saturated carbocycles. The monoisotopic (exact) mass is 415 g/mol. The first-order valence-corrected chi connectivity index (χ1v) is 10.4. The maximum atomic E-state index is 13.4. The predicted octanol–water partition coefficient (Wildman–Crippen LogP) is 5.24. The first-order chi connectivity index (χ1) is 14.4. The fourth-order valence-electron chi connectivity index (χ4n) is 3.65. The van der Waals surface area contributed by atoms with E-state index in [0.29, 0.717) is 16.1 Å². The Morgan fingerprint density at radius 1 is 0.900 bits per heavy atom. The molecule has 150 valence electrons. The Labute approximate surface area is 178 Å². The van der Waals surface area contributed by atoms with Crippen molar-refractivity contribution in [1.82, 2.24) is 4.98 Å². The zero-order valence-electron chi connectivity index (χ0n) is 16.9. The molecule has 0 aliphatic carbocycles. The Morgan fingerprint density at radius 2 is 1.57 bits per heavy atom. The second-order valence-electron chi connectivity index (χ2n) is 7.15. The van der Waals surface area contributed by atoms with Gasteiger partial charge in [0.05, 0.1) is 22.3 Å². The van der Waals surface area contributed by atoms with Crippen molar-refractivity contribution in [3.05, 3.63) is 81.7 Å². The topological polar surface area (TPSA) is 85.1 Å². The summed E-state index contributed by atoms with van der Waals surface area (Å²) in [6.07, 6.45) is 0. The SMILES string of the molecule is Cc1sc(NC(=O)c2c(C)c(-c3ccccc3)nc3ccccc23)c(C(N)=O)c1C. The van der Waals surface area contributed by atoms with Gasteiger partial charge < -0.3 is 11.1 Å². The summed E-state index contributed by atoms with van der Waals surface area (Å²) >= 11 is 1.36. The van der Waals surface area contributed by atoms with Crippen LogP contribution in [0.1, 0.15) is 36.7 Å². The van der Waals surface area contributed by atoms with Gasteiger partial charge in [0.1, 0.15) is 5.00 Å². The van der Waals surface area contributed by atoms with Crippen molar-refractivity contribution in [2.45, 2.75) is 20.8 Å². The second-order valence-corrected chi connectivity index (χ2v) is 8.37. The van der Waals surface area contributed by atoms with Gasteiger partial charge in [0.15, 0.2) is 0 Å². The predicted molar refractivity (Wildman–Crippen MR) is 122 cm³/mol. The number of rotatable bonds is 4. The van der Waals surface area contributed by atoms with Crippen molar-refractivity contribution in [1.29, 1.82) is 0 Å². The molecule has 2 amide bonds. The number of nitrogens with zero attached hydrogens (tertiary/aromatic N) is 1. The fourth-order valence-corrected chi connectivity index (χ4v) is 4.72. The van der Waals surface area contributed by atoms with E-state index in [9.17, 15) is 9.59 Å². The maximum Gasteiger partial charge on any atom is 0.257 e. The van der Waals surface area contributed by atoms with Crippen molar-refractivity contribution in [2.75, 3.05) is 5.32 Å². The van der Waals surface area contributed by atoms with E-state index in [0.717, 1.165) is 38.2 Å². The average molecular weight is 416 g/mol. The quantitative estimate of drug-likeness (QED) is 0.478. The van der Waals surface area contributed by atoms with Crippen LogP contribution in [0.4, 0.5) is 5.00 Å². The molecule has 0 atom stereocenters. The Kier molecular flexibility index (Phi) is 5.10. The molecule has 0 unspecified atom stereocenters. The van der Waals surface area contributed by atoms with Crippen LogP contribution in [0.2, 0.25) is 0 Å². The van der Waals surface area contributed by atoms with Crippen LogP contribution >= 0.6 is 11.3 Å². The summed E-state index contributed by atoms with van der Waals surface area (Å²) in [5.41, 5.74) is 10.5. The van der Waals surface area contributed by atoms with Gasteiger partial charge in [-0.2, -0.15) is 0 Å². The zero-order chi connectivity index (χ0) is 21.4. The van der Waals surface area contributed by atoms with Crippen molar-refractivity contribution in [3.63, 3.8) is 0 Å². The first kappa shape index (κ1) is 19.8. The number of nitrogens with two attached hydrogens (primary N) is 1. The highest BCUT2D eigenvalue weighted by molar-refractivity contribution is 7.16. The van der Waals surface area contributed by atoms with Gasteiger partial charge in [-0.15, -0.1) is 11.3 Å². The third kappa shape index (κ3) is 3.35. The number of fused-ring (bicyclic) bond motifs is 1. The summed E-state index contributed by atoms with van der Waals surface area (Å²) in [4.78, 5) is 31.2. The Hall–Kier alpha value is -3.51. The molecule has 4 rings (SSSR count). The Bertz CT molecular complexity index is 1290. The smallest absolute Gasteiger partial charge is 0.257 e. The van der Waals surface area contributed by atoms with Crippen molar-refractivity contribution in [3.8, 4) is 11.3 Å². The average Bonchev–Trinajstić information content (AvgIpc) is 3.01. The lowest BCUT2D eigenvalue weighted by molar-refractivity contribution is 0.100. The van der Waals surface area contributed by atoms with Crippen molar-refractivity contribution < 1.29 is 9.59 Å². The lowest BCUT2D eigenvalue weighted by Crippen LogP contribution is -2.19. The molecule has 0 spiro atoms. The van der Waals surface area contributed by atoms with Crippen LogP contribution < -0.4 is 11.1 Å². The number of hydrogen-bond donors (Lipinski definition) is 2. The molecule has 0 aliphatic heterocycles. The number of aryl methyl sites for hydroxylation is 1. The van der Waals surface area contributed by atoms with E-state index in [1.165, 1.54) is 11.3 Å². The molecule has 2 aromatic carbocycles. The second kappa shape index (κ2) is 7.72. The number of primary amides is 1. The highest BCUT2D eigenvalue weighted by Gasteiger charge is 2.23. The van der Waals surface area contributed by atoms with Gasteiger partial charge in [0.2, 0.25) is 0 Å². The summed E-state index contributed by atoms with van der Waals surface area (Å²) in [6.45, 7) is 5.64. The van der Waals surface area contributed by atoms with Gasteiger partial charge in [-0.1, -0.05) is 48.5 Å². The number of benzene rings is 2. The summed E-state index contributed by atoms with van der Waals surface area (Å²) < 4.78 is 0. The van der Waals surface area contributed by atoms with Crippen LogP contribution in [-0.4, -0.2) is 16.8 Å². The lowest BCUT2D eigenvalue weighted by Gasteiger charge is -2.15. The molecular weight excluding hydrogens is 394 g/mol. The van der Waals surface area contributed by atoms with Crippen LogP contribution in [0.5, 0.6) is 0 Å². The first-order valence-electron chi connectivity index (χ1n) is 9.54. The van der Waals surface area contributed by atoms with Crippen molar-refractivity contribution in [2.24, 2.45) is 5.73 Å². The number of carbonyl (C=O) groups excluding carboxylic acids is 2.